The number of nitrogens with zero attached hydrogens (tertiary/aromatic N) is 2. The number of amides is 1. The number of aromatic nitrogens is 1. The standard InChI is InChI=1S/C23H28N4O2/c1-15-11-25-23-18(13-24-15)10-17(12-26-23)8-9-22(28)27(3)14-21-16(2)19-6-4-5-7-20(19)29-21/h4-10,12,15,19-20,24H,11,13-14H2,1-3H3,(H,25,26)/b9-8+/t15-,19?,20?/m1/s1. The molecule has 29 heavy (non-hydrogen) atoms. The molecule has 3 atom stereocenters. The zero-order chi connectivity index (χ0) is 20.4. The summed E-state index contributed by atoms with van der Waals surface area (Å²) < 4.78 is 6.04. The molecule has 0 aromatic carbocycles. The largest absolute Gasteiger partial charge is 0.488 e. The van der Waals surface area contributed by atoms with Gasteiger partial charge in [0.15, 0.2) is 0 Å². The molecule has 1 aromatic heterocycles. The van der Waals surface area contributed by atoms with Crippen molar-refractivity contribution in [3.63, 3.8) is 0 Å². The van der Waals surface area contributed by atoms with Crippen LogP contribution in [-0.2, 0) is 16.1 Å². The van der Waals surface area contributed by atoms with Gasteiger partial charge in [0.25, 0.3) is 0 Å². The summed E-state index contributed by atoms with van der Waals surface area (Å²) in [5.74, 6) is 2.02. The Hall–Kier alpha value is -2.86. The SMILES string of the molecule is CC1=C(CN(C)C(=O)/C=C/c2cnc3c(c2)CN[C@H](C)CN3)OC2C=CC=CC12. The molecule has 6 heteroatoms. The van der Waals surface area contributed by atoms with Crippen molar-refractivity contribution >= 4 is 17.8 Å². The number of rotatable bonds is 4. The number of anilines is 1. The summed E-state index contributed by atoms with van der Waals surface area (Å²) in [5, 5.41) is 6.80. The Bertz CT molecular complexity index is 915. The molecule has 0 bridgehead atoms. The molecule has 6 nitrogen and oxygen atoms in total. The van der Waals surface area contributed by atoms with Gasteiger partial charge in [-0.25, -0.2) is 4.98 Å². The first-order valence-electron chi connectivity index (χ1n) is 10.1. The average molecular weight is 393 g/mol. The van der Waals surface area contributed by atoms with E-state index < -0.39 is 0 Å². The van der Waals surface area contributed by atoms with E-state index in [0.29, 0.717) is 12.6 Å². The Balaban J connectivity index is 1.39. The van der Waals surface area contributed by atoms with Gasteiger partial charge in [-0.05, 0) is 43.2 Å². The van der Waals surface area contributed by atoms with Crippen molar-refractivity contribution in [1.82, 2.24) is 15.2 Å². The van der Waals surface area contributed by atoms with Crippen LogP contribution < -0.4 is 10.6 Å². The lowest BCUT2D eigenvalue weighted by molar-refractivity contribution is -0.124. The Morgan fingerprint density at radius 3 is 3.03 bits per heavy atom. The van der Waals surface area contributed by atoms with Crippen molar-refractivity contribution in [3.05, 3.63) is 65.1 Å². The molecule has 1 aromatic rings. The summed E-state index contributed by atoms with van der Waals surface area (Å²) in [5.41, 5.74) is 3.22. The third-order valence-corrected chi connectivity index (χ3v) is 5.68. The topological polar surface area (TPSA) is 66.5 Å². The second kappa shape index (κ2) is 8.25. The Labute approximate surface area is 172 Å². The van der Waals surface area contributed by atoms with Gasteiger partial charge < -0.3 is 20.3 Å². The molecule has 0 radical (unpaired) electrons. The first-order chi connectivity index (χ1) is 14.0. The summed E-state index contributed by atoms with van der Waals surface area (Å²) in [6.07, 6.45) is 13.6. The number of hydrogen-bond acceptors (Lipinski definition) is 5. The molecule has 2 unspecified atom stereocenters. The first-order valence-corrected chi connectivity index (χ1v) is 10.1. The van der Waals surface area contributed by atoms with Gasteiger partial charge in [0.1, 0.15) is 17.7 Å². The molecule has 3 heterocycles. The summed E-state index contributed by atoms with van der Waals surface area (Å²) in [7, 11) is 1.80. The minimum absolute atomic E-state index is 0.0598. The van der Waals surface area contributed by atoms with E-state index in [2.05, 4.69) is 53.8 Å². The van der Waals surface area contributed by atoms with E-state index in [0.717, 1.165) is 35.8 Å². The van der Waals surface area contributed by atoms with Gasteiger partial charge in [0.05, 0.1) is 6.54 Å². The highest BCUT2D eigenvalue weighted by atomic mass is 16.5. The molecule has 0 spiro atoms. The number of carbonyl (C=O) groups is 1. The van der Waals surface area contributed by atoms with Gasteiger partial charge in [0.2, 0.25) is 5.91 Å². The van der Waals surface area contributed by atoms with Crippen LogP contribution in [0.3, 0.4) is 0 Å². The average Bonchev–Trinajstić information content (AvgIpc) is 2.92. The monoisotopic (exact) mass is 392 g/mol. The van der Waals surface area contributed by atoms with E-state index >= 15 is 0 Å². The summed E-state index contributed by atoms with van der Waals surface area (Å²) in [6, 6.07) is 2.46. The smallest absolute Gasteiger partial charge is 0.246 e. The van der Waals surface area contributed by atoms with Crippen molar-refractivity contribution in [2.75, 3.05) is 25.5 Å². The highest BCUT2D eigenvalue weighted by molar-refractivity contribution is 5.91. The maximum atomic E-state index is 12.6. The molecule has 4 rings (SSSR count). The number of ether oxygens (including phenoxy) is 1. The summed E-state index contributed by atoms with van der Waals surface area (Å²) in [6.45, 7) is 6.31. The van der Waals surface area contributed by atoms with Crippen molar-refractivity contribution in [2.24, 2.45) is 5.92 Å². The number of carbonyl (C=O) groups excluding carboxylic acids is 1. The highest BCUT2D eigenvalue weighted by Crippen LogP contribution is 2.34. The van der Waals surface area contributed by atoms with Gasteiger partial charge in [-0.15, -0.1) is 0 Å². The predicted octanol–water partition coefficient (Wildman–Crippen LogP) is 2.87. The van der Waals surface area contributed by atoms with Crippen LogP contribution >= 0.6 is 0 Å². The van der Waals surface area contributed by atoms with Gasteiger partial charge in [0, 0.05) is 49.9 Å². The zero-order valence-corrected chi connectivity index (χ0v) is 17.2. The number of pyridine rings is 1. The maximum Gasteiger partial charge on any atom is 0.246 e. The summed E-state index contributed by atoms with van der Waals surface area (Å²) >= 11 is 0. The normalized spacial score (nSPS) is 25.3. The Morgan fingerprint density at radius 2 is 2.21 bits per heavy atom. The Kier molecular flexibility index (Phi) is 5.53. The second-order valence-corrected chi connectivity index (χ2v) is 7.95. The maximum absolute atomic E-state index is 12.6. The van der Waals surface area contributed by atoms with Crippen LogP contribution in [0.1, 0.15) is 25.0 Å². The van der Waals surface area contributed by atoms with E-state index in [4.69, 9.17) is 4.74 Å². The lowest BCUT2D eigenvalue weighted by Gasteiger charge is -2.18. The van der Waals surface area contributed by atoms with Gasteiger partial charge >= 0.3 is 0 Å². The fourth-order valence-electron chi connectivity index (χ4n) is 3.80. The van der Waals surface area contributed by atoms with Crippen LogP contribution in [0.15, 0.2) is 54.0 Å². The molecule has 1 amide bonds. The molecule has 3 aliphatic rings. The third kappa shape index (κ3) is 4.27. The van der Waals surface area contributed by atoms with Crippen molar-refractivity contribution in [1.29, 1.82) is 0 Å². The molecule has 0 saturated heterocycles. The molecule has 0 saturated carbocycles. The number of nitrogens with one attached hydrogen (secondary N) is 2. The van der Waals surface area contributed by atoms with Crippen LogP contribution in [-0.4, -0.2) is 48.1 Å². The van der Waals surface area contributed by atoms with E-state index in [1.807, 2.05) is 12.2 Å². The van der Waals surface area contributed by atoms with Gasteiger partial charge in [-0.2, -0.15) is 0 Å². The molecule has 152 valence electrons. The van der Waals surface area contributed by atoms with Gasteiger partial charge in [-0.1, -0.05) is 18.2 Å². The van der Waals surface area contributed by atoms with E-state index in [1.54, 1.807) is 24.2 Å². The second-order valence-electron chi connectivity index (χ2n) is 7.95. The Morgan fingerprint density at radius 1 is 1.38 bits per heavy atom. The molecule has 1 aliphatic carbocycles. The molecule has 2 N–H and O–H groups in total. The zero-order valence-electron chi connectivity index (χ0n) is 17.2. The fraction of sp³-hybridized carbons (Fsp3) is 0.391. The van der Waals surface area contributed by atoms with Crippen LogP contribution in [0.4, 0.5) is 5.82 Å². The third-order valence-electron chi connectivity index (χ3n) is 5.68. The molecular weight excluding hydrogens is 364 g/mol. The summed E-state index contributed by atoms with van der Waals surface area (Å²) in [4.78, 5) is 18.8. The van der Waals surface area contributed by atoms with Crippen LogP contribution in [0.5, 0.6) is 0 Å². The van der Waals surface area contributed by atoms with Crippen molar-refractivity contribution < 1.29 is 9.53 Å². The molecular formula is C23H28N4O2. The quantitative estimate of drug-likeness (QED) is 0.772. The first kappa shape index (κ1) is 19.5. The molecule has 0 fully saturated rings. The number of likely N-dealkylation sites (N-methyl/N-ethyl adjacent to an activating group) is 1. The fourth-order valence-corrected chi connectivity index (χ4v) is 3.80. The van der Waals surface area contributed by atoms with Crippen LogP contribution in [0, 0.1) is 5.92 Å². The van der Waals surface area contributed by atoms with Crippen LogP contribution in [0.25, 0.3) is 6.08 Å². The number of hydrogen-bond donors (Lipinski definition) is 2. The van der Waals surface area contributed by atoms with Crippen molar-refractivity contribution in [3.8, 4) is 0 Å². The minimum atomic E-state index is -0.0605. The van der Waals surface area contributed by atoms with E-state index in [9.17, 15) is 4.79 Å². The number of fused-ring (bicyclic) bond motifs is 2. The number of allylic oxidation sites excluding steroid dienone is 2. The minimum Gasteiger partial charge on any atom is -0.488 e. The highest BCUT2D eigenvalue weighted by Gasteiger charge is 2.32. The van der Waals surface area contributed by atoms with Crippen LogP contribution in [0.2, 0.25) is 0 Å². The lowest BCUT2D eigenvalue weighted by Crippen LogP contribution is -2.29. The van der Waals surface area contributed by atoms with Gasteiger partial charge in [-0.3, -0.25) is 4.79 Å². The molecule has 2 aliphatic heterocycles. The lowest BCUT2D eigenvalue weighted by atomic mass is 9.92. The van der Waals surface area contributed by atoms with E-state index in [1.165, 1.54) is 5.57 Å². The van der Waals surface area contributed by atoms with Crippen molar-refractivity contribution in [2.45, 2.75) is 32.5 Å². The van der Waals surface area contributed by atoms with E-state index in [-0.39, 0.29) is 17.9 Å². The predicted molar refractivity (Wildman–Crippen MR) is 115 cm³/mol.